The van der Waals surface area contributed by atoms with Gasteiger partial charge in [-0.1, -0.05) is 42.6 Å². The lowest BCUT2D eigenvalue weighted by atomic mass is 10.0. The normalized spacial score (nSPS) is 14.2. The lowest BCUT2D eigenvalue weighted by Gasteiger charge is -2.22. The molecule has 1 aromatic carbocycles. The fourth-order valence-corrected chi connectivity index (χ4v) is 2.32. The van der Waals surface area contributed by atoms with Gasteiger partial charge < -0.3 is 10.4 Å². The molecule has 0 aliphatic rings. The number of benzene rings is 1. The maximum Gasteiger partial charge on any atom is 0.244 e. The Bertz CT molecular complexity index is 478. The molecule has 0 saturated carbocycles. The summed E-state index contributed by atoms with van der Waals surface area (Å²) in [5, 5.41) is 13.6. The van der Waals surface area contributed by atoms with Crippen LogP contribution in [0.2, 0.25) is 10.0 Å². The van der Waals surface area contributed by atoms with Crippen molar-refractivity contribution in [2.75, 3.05) is 6.54 Å². The van der Waals surface area contributed by atoms with Gasteiger partial charge in [0.1, 0.15) is 0 Å². The quantitative estimate of drug-likeness (QED) is 0.787. The second-order valence-corrected chi connectivity index (χ2v) is 5.75. The number of carbonyl (C=O) groups excluding carboxylic acids is 1. The zero-order chi connectivity index (χ0) is 15.2. The zero-order valence-corrected chi connectivity index (χ0v) is 13.1. The molecule has 1 unspecified atom stereocenters. The van der Waals surface area contributed by atoms with Gasteiger partial charge >= 0.3 is 0 Å². The first-order valence-electron chi connectivity index (χ1n) is 6.48. The Morgan fingerprint density at radius 1 is 1.40 bits per heavy atom. The first-order chi connectivity index (χ1) is 9.35. The van der Waals surface area contributed by atoms with Crippen molar-refractivity contribution in [2.24, 2.45) is 0 Å². The highest BCUT2D eigenvalue weighted by Crippen LogP contribution is 2.25. The van der Waals surface area contributed by atoms with Gasteiger partial charge in [-0.3, -0.25) is 4.79 Å². The number of carbonyl (C=O) groups is 1. The summed E-state index contributed by atoms with van der Waals surface area (Å²) in [5.41, 5.74) is -0.286. The Morgan fingerprint density at radius 3 is 2.55 bits per heavy atom. The summed E-state index contributed by atoms with van der Waals surface area (Å²) in [7, 11) is 0. The van der Waals surface area contributed by atoms with E-state index in [9.17, 15) is 9.90 Å². The van der Waals surface area contributed by atoms with Gasteiger partial charge in [-0.15, -0.1) is 0 Å². The van der Waals surface area contributed by atoms with Crippen molar-refractivity contribution in [1.29, 1.82) is 0 Å². The molecule has 110 valence electrons. The lowest BCUT2D eigenvalue weighted by Crippen LogP contribution is -2.39. The molecule has 0 aliphatic carbocycles. The molecule has 1 atom stereocenters. The minimum atomic E-state index is -0.889. The van der Waals surface area contributed by atoms with Crippen molar-refractivity contribution in [3.05, 3.63) is 39.9 Å². The maximum atomic E-state index is 11.7. The van der Waals surface area contributed by atoms with Crippen LogP contribution < -0.4 is 5.32 Å². The zero-order valence-electron chi connectivity index (χ0n) is 11.6. The molecule has 0 spiro atoms. The Morgan fingerprint density at radius 2 is 2.00 bits per heavy atom. The van der Waals surface area contributed by atoms with E-state index in [-0.39, 0.29) is 12.5 Å². The van der Waals surface area contributed by atoms with Gasteiger partial charge in [0.2, 0.25) is 5.91 Å². The number of rotatable bonds is 6. The summed E-state index contributed by atoms with van der Waals surface area (Å²) in [5.74, 6) is -0.294. The van der Waals surface area contributed by atoms with Crippen molar-refractivity contribution < 1.29 is 9.90 Å². The third kappa shape index (κ3) is 5.53. The van der Waals surface area contributed by atoms with Gasteiger partial charge in [0.15, 0.2) is 0 Å². The number of hydrogen-bond acceptors (Lipinski definition) is 2. The second kappa shape index (κ2) is 7.67. The first-order valence-corrected chi connectivity index (χ1v) is 7.23. The SMILES string of the molecule is CCCC(C)(O)CNC(=O)/C=C/c1c(Cl)cccc1Cl. The molecule has 1 amide bonds. The van der Waals surface area contributed by atoms with Crippen LogP contribution >= 0.6 is 23.2 Å². The van der Waals surface area contributed by atoms with Crippen LogP contribution in [0.3, 0.4) is 0 Å². The van der Waals surface area contributed by atoms with Crippen molar-refractivity contribution in [1.82, 2.24) is 5.32 Å². The van der Waals surface area contributed by atoms with Crippen LogP contribution in [0.25, 0.3) is 6.08 Å². The molecule has 0 radical (unpaired) electrons. The molecule has 2 N–H and O–H groups in total. The summed E-state index contributed by atoms with van der Waals surface area (Å²) >= 11 is 12.0. The average molecular weight is 316 g/mol. The van der Waals surface area contributed by atoms with Crippen LogP contribution in [0.4, 0.5) is 0 Å². The van der Waals surface area contributed by atoms with E-state index in [4.69, 9.17) is 23.2 Å². The fourth-order valence-electron chi connectivity index (χ4n) is 1.79. The van der Waals surface area contributed by atoms with Crippen LogP contribution in [0.5, 0.6) is 0 Å². The van der Waals surface area contributed by atoms with E-state index in [0.29, 0.717) is 22.0 Å². The van der Waals surface area contributed by atoms with Crippen LogP contribution in [0.1, 0.15) is 32.3 Å². The Hall–Kier alpha value is -1.03. The maximum absolute atomic E-state index is 11.7. The van der Waals surface area contributed by atoms with Gasteiger partial charge in [-0.2, -0.15) is 0 Å². The molecule has 3 nitrogen and oxygen atoms in total. The molecule has 0 aliphatic heterocycles. The molecule has 0 heterocycles. The van der Waals surface area contributed by atoms with Crippen molar-refractivity contribution >= 4 is 35.2 Å². The number of hydrogen-bond donors (Lipinski definition) is 2. The van der Waals surface area contributed by atoms with Gasteiger partial charge in [-0.25, -0.2) is 0 Å². The smallest absolute Gasteiger partial charge is 0.244 e. The van der Waals surface area contributed by atoms with E-state index in [0.717, 1.165) is 6.42 Å². The lowest BCUT2D eigenvalue weighted by molar-refractivity contribution is -0.117. The molecule has 1 aromatic rings. The Labute approximate surface area is 129 Å². The van der Waals surface area contributed by atoms with Crippen molar-refractivity contribution in [3.63, 3.8) is 0 Å². The Kier molecular flexibility index (Phi) is 6.53. The third-order valence-corrected chi connectivity index (χ3v) is 3.49. The monoisotopic (exact) mass is 315 g/mol. The van der Waals surface area contributed by atoms with E-state index in [1.54, 1.807) is 31.2 Å². The fraction of sp³-hybridized carbons (Fsp3) is 0.400. The predicted molar refractivity (Wildman–Crippen MR) is 84.0 cm³/mol. The molecule has 5 heteroatoms. The van der Waals surface area contributed by atoms with Crippen LogP contribution in [-0.4, -0.2) is 23.2 Å². The average Bonchev–Trinajstić information content (AvgIpc) is 2.36. The highest BCUT2D eigenvalue weighted by molar-refractivity contribution is 6.37. The molecule has 0 fully saturated rings. The molecular formula is C15H19Cl2NO2. The minimum Gasteiger partial charge on any atom is -0.388 e. The molecule has 20 heavy (non-hydrogen) atoms. The van der Waals surface area contributed by atoms with E-state index in [1.165, 1.54) is 6.08 Å². The molecule has 1 rings (SSSR count). The topological polar surface area (TPSA) is 49.3 Å². The highest BCUT2D eigenvalue weighted by atomic mass is 35.5. The van der Waals surface area contributed by atoms with Crippen LogP contribution in [0, 0.1) is 0 Å². The van der Waals surface area contributed by atoms with Gasteiger partial charge in [0.05, 0.1) is 5.60 Å². The summed E-state index contributed by atoms with van der Waals surface area (Å²) < 4.78 is 0. The van der Waals surface area contributed by atoms with E-state index < -0.39 is 5.60 Å². The summed E-state index contributed by atoms with van der Waals surface area (Å²) in [6.07, 6.45) is 4.41. The summed E-state index contributed by atoms with van der Waals surface area (Å²) in [6, 6.07) is 5.15. The largest absolute Gasteiger partial charge is 0.388 e. The van der Waals surface area contributed by atoms with Gasteiger partial charge in [0, 0.05) is 28.2 Å². The standard InChI is InChI=1S/C15H19Cl2NO2/c1-3-9-15(2,20)10-18-14(19)8-7-11-12(16)5-4-6-13(11)17/h4-8,20H,3,9-10H2,1-2H3,(H,18,19)/b8-7+. The van der Waals surface area contributed by atoms with Crippen molar-refractivity contribution in [2.45, 2.75) is 32.3 Å². The second-order valence-electron chi connectivity index (χ2n) is 4.93. The van der Waals surface area contributed by atoms with Crippen molar-refractivity contribution in [3.8, 4) is 0 Å². The number of aliphatic hydroxyl groups is 1. The van der Waals surface area contributed by atoms with Crippen LogP contribution in [-0.2, 0) is 4.79 Å². The number of nitrogens with one attached hydrogen (secondary N) is 1. The van der Waals surface area contributed by atoms with Gasteiger partial charge in [-0.05, 0) is 31.6 Å². The van der Waals surface area contributed by atoms with E-state index >= 15 is 0 Å². The summed E-state index contributed by atoms with van der Waals surface area (Å²) in [4.78, 5) is 11.7. The first kappa shape index (κ1) is 17.0. The predicted octanol–water partition coefficient (Wildman–Crippen LogP) is 3.67. The number of amides is 1. The van der Waals surface area contributed by atoms with Gasteiger partial charge in [0.25, 0.3) is 0 Å². The Balaban J connectivity index is 2.61. The molecule has 0 saturated heterocycles. The van der Waals surface area contributed by atoms with Crippen LogP contribution in [0.15, 0.2) is 24.3 Å². The highest BCUT2D eigenvalue weighted by Gasteiger charge is 2.19. The van der Waals surface area contributed by atoms with E-state index in [2.05, 4.69) is 5.32 Å². The number of halogens is 2. The van der Waals surface area contributed by atoms with E-state index in [1.807, 2.05) is 6.92 Å². The molecule has 0 bridgehead atoms. The summed E-state index contributed by atoms with van der Waals surface area (Å²) in [6.45, 7) is 3.89. The third-order valence-electron chi connectivity index (χ3n) is 2.83. The molecule has 0 aromatic heterocycles. The molecular weight excluding hydrogens is 297 g/mol. The minimum absolute atomic E-state index is 0.209.